The van der Waals surface area contributed by atoms with Crippen molar-refractivity contribution >= 4 is 15.9 Å². The van der Waals surface area contributed by atoms with Crippen molar-refractivity contribution in [2.24, 2.45) is 0 Å². The Morgan fingerprint density at radius 3 is 2.62 bits per heavy atom. The van der Waals surface area contributed by atoms with Crippen LogP contribution in [0.3, 0.4) is 0 Å². The number of halogens is 1. The number of hydrogen-bond donors (Lipinski definition) is 2. The quantitative estimate of drug-likeness (QED) is 0.822. The minimum Gasteiger partial charge on any atom is -0.485 e. The Labute approximate surface area is 148 Å². The maximum absolute atomic E-state index is 12.6. The van der Waals surface area contributed by atoms with Gasteiger partial charge in [0.15, 0.2) is 0 Å². The van der Waals surface area contributed by atoms with E-state index in [1.165, 1.54) is 10.6 Å². The van der Waals surface area contributed by atoms with Gasteiger partial charge < -0.3 is 19.5 Å². The summed E-state index contributed by atoms with van der Waals surface area (Å²) in [5.41, 5.74) is 0.170. The van der Waals surface area contributed by atoms with Gasteiger partial charge in [-0.05, 0) is 50.6 Å². The molecule has 5 nitrogen and oxygen atoms in total. The third-order valence-electron chi connectivity index (χ3n) is 4.43. The molecule has 1 aromatic heterocycles. The van der Waals surface area contributed by atoms with Gasteiger partial charge in [-0.2, -0.15) is 0 Å². The Hall–Kier alpha value is -1.63. The summed E-state index contributed by atoms with van der Waals surface area (Å²) >= 11 is 3.43. The molecule has 0 bridgehead atoms. The van der Waals surface area contributed by atoms with Crippen molar-refractivity contribution in [2.75, 3.05) is 0 Å². The third kappa shape index (κ3) is 2.90. The summed E-state index contributed by atoms with van der Waals surface area (Å²) in [5.74, 6) is 0.644. The number of aliphatic hydroxyl groups excluding tert-OH is 2. The lowest BCUT2D eigenvalue weighted by Gasteiger charge is -2.42. The van der Waals surface area contributed by atoms with Gasteiger partial charge >= 0.3 is 0 Å². The van der Waals surface area contributed by atoms with Crippen LogP contribution in [-0.2, 0) is 0 Å². The first-order chi connectivity index (χ1) is 11.2. The Morgan fingerprint density at radius 2 is 2.00 bits per heavy atom. The maximum atomic E-state index is 12.6. The summed E-state index contributed by atoms with van der Waals surface area (Å²) in [5, 5.41) is 20.5. The minimum absolute atomic E-state index is 0.277. The van der Waals surface area contributed by atoms with Crippen LogP contribution in [0.25, 0.3) is 0 Å². The fourth-order valence-corrected chi connectivity index (χ4v) is 3.41. The molecule has 128 valence electrons. The summed E-state index contributed by atoms with van der Waals surface area (Å²) < 4.78 is 8.25. The molecule has 3 atom stereocenters. The fraction of sp³-hybridized carbons (Fsp3) is 0.389. The molecule has 6 heteroatoms. The number of fused-ring (bicyclic) bond motifs is 1. The lowest BCUT2D eigenvalue weighted by molar-refractivity contribution is -0.0643. The van der Waals surface area contributed by atoms with Crippen LogP contribution in [0.4, 0.5) is 0 Å². The number of benzene rings is 1. The molecule has 2 aromatic rings. The molecule has 0 saturated heterocycles. The second kappa shape index (κ2) is 6.02. The highest BCUT2D eigenvalue weighted by atomic mass is 79.9. The molecule has 3 rings (SSSR count). The van der Waals surface area contributed by atoms with E-state index in [0.717, 1.165) is 10.0 Å². The Kier molecular flexibility index (Phi) is 4.32. The van der Waals surface area contributed by atoms with Crippen LogP contribution in [0.15, 0.2) is 45.8 Å². The molecule has 2 heterocycles. The molecule has 2 N–H and O–H groups in total. The van der Waals surface area contributed by atoms with Crippen molar-refractivity contribution in [2.45, 2.75) is 44.6 Å². The molecule has 0 spiro atoms. The molecule has 0 radical (unpaired) electrons. The van der Waals surface area contributed by atoms with Crippen LogP contribution in [0.2, 0.25) is 0 Å². The van der Waals surface area contributed by atoms with Gasteiger partial charge in [-0.25, -0.2) is 0 Å². The minimum atomic E-state index is -0.908. The number of ether oxygens (including phenoxy) is 1. The average Bonchev–Trinajstić information content (AvgIpc) is 2.50. The zero-order valence-electron chi connectivity index (χ0n) is 13.7. The normalized spacial score (nSPS) is 23.2. The van der Waals surface area contributed by atoms with E-state index in [0.29, 0.717) is 11.3 Å². The first-order valence-corrected chi connectivity index (χ1v) is 8.56. The Morgan fingerprint density at radius 1 is 1.29 bits per heavy atom. The average molecular weight is 394 g/mol. The fourth-order valence-electron chi connectivity index (χ4n) is 3.03. The van der Waals surface area contributed by atoms with E-state index in [4.69, 9.17) is 4.74 Å². The van der Waals surface area contributed by atoms with Gasteiger partial charge in [0, 0.05) is 22.3 Å². The van der Waals surface area contributed by atoms with Gasteiger partial charge in [0.05, 0.1) is 12.1 Å². The van der Waals surface area contributed by atoms with Crippen LogP contribution >= 0.6 is 15.9 Å². The van der Waals surface area contributed by atoms with Gasteiger partial charge in [-0.3, -0.25) is 4.79 Å². The number of nitrogens with zero attached hydrogens (tertiary/aromatic N) is 1. The zero-order chi connectivity index (χ0) is 17.6. The van der Waals surface area contributed by atoms with E-state index >= 15 is 0 Å². The van der Waals surface area contributed by atoms with Crippen LogP contribution in [0.5, 0.6) is 5.75 Å². The summed E-state index contributed by atoms with van der Waals surface area (Å²) in [6, 6.07) is 8.07. The molecule has 1 aromatic carbocycles. The lowest BCUT2D eigenvalue weighted by atomic mass is 9.86. The van der Waals surface area contributed by atoms with E-state index in [1.54, 1.807) is 33.0 Å². The second-order valence-corrected chi connectivity index (χ2v) is 7.57. The highest BCUT2D eigenvalue weighted by molar-refractivity contribution is 9.10. The van der Waals surface area contributed by atoms with Gasteiger partial charge in [0.25, 0.3) is 5.56 Å². The van der Waals surface area contributed by atoms with Gasteiger partial charge in [-0.15, -0.1) is 0 Å². The molecule has 1 aliphatic heterocycles. The summed E-state index contributed by atoms with van der Waals surface area (Å²) in [6.07, 6.45) is -0.0103. The number of hydrogen-bond acceptors (Lipinski definition) is 4. The first kappa shape index (κ1) is 17.2. The van der Waals surface area contributed by atoms with Crippen molar-refractivity contribution in [1.82, 2.24) is 4.57 Å². The zero-order valence-corrected chi connectivity index (χ0v) is 15.3. The van der Waals surface area contributed by atoms with Crippen molar-refractivity contribution < 1.29 is 14.9 Å². The predicted molar refractivity (Wildman–Crippen MR) is 94.3 cm³/mol. The molecule has 0 aliphatic carbocycles. The van der Waals surface area contributed by atoms with Crippen LogP contribution in [-0.4, -0.2) is 26.5 Å². The molecular weight excluding hydrogens is 374 g/mol. The van der Waals surface area contributed by atoms with E-state index in [2.05, 4.69) is 15.9 Å². The van der Waals surface area contributed by atoms with E-state index in [-0.39, 0.29) is 5.56 Å². The first-order valence-electron chi connectivity index (χ1n) is 7.77. The molecule has 1 aliphatic rings. The van der Waals surface area contributed by atoms with Crippen molar-refractivity contribution in [3.8, 4) is 5.75 Å². The van der Waals surface area contributed by atoms with E-state index in [9.17, 15) is 15.0 Å². The molecule has 24 heavy (non-hydrogen) atoms. The van der Waals surface area contributed by atoms with Gasteiger partial charge in [-0.1, -0.05) is 15.9 Å². The molecular formula is C18H20BrNO4. The number of aliphatic hydroxyl groups is 2. The van der Waals surface area contributed by atoms with E-state index < -0.39 is 23.9 Å². The highest BCUT2D eigenvalue weighted by Crippen LogP contribution is 2.42. The number of pyridine rings is 1. The van der Waals surface area contributed by atoms with Crippen LogP contribution < -0.4 is 10.3 Å². The second-order valence-electron chi connectivity index (χ2n) is 6.66. The SMILES string of the molecule is CC(O)c1ccn([C@@H]2c3cc(Br)ccc3OC(C)(C)[C@H]2O)c(=O)c1. The lowest BCUT2D eigenvalue weighted by Crippen LogP contribution is -2.52. The molecule has 1 unspecified atom stereocenters. The maximum Gasteiger partial charge on any atom is 0.251 e. The summed E-state index contributed by atoms with van der Waals surface area (Å²) in [7, 11) is 0. The van der Waals surface area contributed by atoms with Crippen LogP contribution in [0, 0.1) is 0 Å². The van der Waals surface area contributed by atoms with E-state index in [1.807, 2.05) is 18.2 Å². The predicted octanol–water partition coefficient (Wildman–Crippen LogP) is 2.79. The summed E-state index contributed by atoms with van der Waals surface area (Å²) in [4.78, 5) is 12.6. The van der Waals surface area contributed by atoms with Gasteiger partial charge in [0.1, 0.15) is 17.5 Å². The monoisotopic (exact) mass is 393 g/mol. The number of aromatic nitrogens is 1. The standard InChI is InChI=1S/C18H20BrNO4/c1-10(21)11-6-7-20(15(22)8-11)16-13-9-12(19)4-5-14(13)24-18(2,3)17(16)23/h4-10,16-17,21,23H,1-3H3/t10?,16-,17+/m1/s1. The van der Waals surface area contributed by atoms with Crippen molar-refractivity contribution in [3.05, 3.63) is 62.5 Å². The van der Waals surface area contributed by atoms with Crippen molar-refractivity contribution in [3.63, 3.8) is 0 Å². The molecule has 0 saturated carbocycles. The van der Waals surface area contributed by atoms with Crippen LogP contribution in [0.1, 0.15) is 44.0 Å². The molecule has 0 amide bonds. The Balaban J connectivity index is 2.19. The third-order valence-corrected chi connectivity index (χ3v) is 4.92. The van der Waals surface area contributed by atoms with Crippen molar-refractivity contribution in [1.29, 1.82) is 0 Å². The number of rotatable bonds is 2. The smallest absolute Gasteiger partial charge is 0.251 e. The largest absolute Gasteiger partial charge is 0.485 e. The van der Waals surface area contributed by atoms with Gasteiger partial charge in [0.2, 0.25) is 0 Å². The highest BCUT2D eigenvalue weighted by Gasteiger charge is 2.44. The Bertz CT molecular complexity index is 828. The topological polar surface area (TPSA) is 71.7 Å². The summed E-state index contributed by atoms with van der Waals surface area (Å²) in [6.45, 7) is 5.20. The molecule has 0 fully saturated rings.